The Kier molecular flexibility index (Phi) is 5.58. The maximum atomic E-state index is 12.8. The first-order chi connectivity index (χ1) is 12.5. The highest BCUT2D eigenvalue weighted by molar-refractivity contribution is 9.10. The Morgan fingerprint density at radius 3 is 2.62 bits per heavy atom. The van der Waals surface area contributed by atoms with Gasteiger partial charge in [0.05, 0.1) is 11.4 Å². The fourth-order valence-electron chi connectivity index (χ4n) is 3.04. The summed E-state index contributed by atoms with van der Waals surface area (Å²) >= 11 is 3.56. The number of benzene rings is 1. The molecule has 0 fully saturated rings. The maximum absolute atomic E-state index is 12.8. The lowest BCUT2D eigenvalue weighted by Gasteiger charge is -2.17. The normalized spacial score (nSPS) is 12.2. The predicted octanol–water partition coefficient (Wildman–Crippen LogP) is 2.49. The third-order valence-electron chi connectivity index (χ3n) is 4.43. The number of hydrogen-bond acceptors (Lipinski definition) is 3. The van der Waals surface area contributed by atoms with Gasteiger partial charge in [0.15, 0.2) is 0 Å². The van der Waals surface area contributed by atoms with E-state index in [1.54, 1.807) is 10.9 Å². The number of aromatic nitrogens is 3. The largest absolute Gasteiger partial charge is 0.346 e. The first kappa shape index (κ1) is 18.4. The number of halogens is 1. The predicted molar refractivity (Wildman–Crippen MR) is 106 cm³/mol. The minimum absolute atomic E-state index is 0.126. The second-order valence-electron chi connectivity index (χ2n) is 6.22. The fraction of sp³-hybridized carbons (Fsp3) is 0.263. The molecule has 3 rings (SSSR count). The summed E-state index contributed by atoms with van der Waals surface area (Å²) in [6.07, 6.45) is 2.43. The molecule has 3 aromatic rings. The van der Waals surface area contributed by atoms with E-state index in [4.69, 9.17) is 5.73 Å². The molecule has 0 aliphatic carbocycles. The van der Waals surface area contributed by atoms with Crippen LogP contribution < -0.4 is 11.1 Å². The monoisotopic (exact) mass is 415 g/mol. The second-order valence-corrected chi connectivity index (χ2v) is 7.08. The fourth-order valence-corrected chi connectivity index (χ4v) is 3.72. The molecule has 1 amide bonds. The van der Waals surface area contributed by atoms with Crippen LogP contribution in [-0.4, -0.2) is 32.8 Å². The number of nitrogens with two attached hydrogens (primary N) is 1. The van der Waals surface area contributed by atoms with Gasteiger partial charge in [-0.25, -0.2) is 0 Å². The van der Waals surface area contributed by atoms with Gasteiger partial charge in [-0.05, 0) is 40.0 Å². The van der Waals surface area contributed by atoms with Crippen molar-refractivity contribution < 1.29 is 4.79 Å². The molecule has 0 radical (unpaired) electrons. The summed E-state index contributed by atoms with van der Waals surface area (Å²) in [5.74, 6) is -0.145. The molecule has 1 atom stereocenters. The van der Waals surface area contributed by atoms with Gasteiger partial charge in [-0.15, -0.1) is 0 Å². The van der Waals surface area contributed by atoms with Crippen LogP contribution in [0.15, 0.2) is 53.1 Å². The molecular formula is C19H22BrN5O. The maximum Gasteiger partial charge on any atom is 0.268 e. The SMILES string of the molecule is Cn1nccc1-c1c(Br)cc(C(=O)NC(CN)Cc2ccccc2)n1C. The van der Waals surface area contributed by atoms with Crippen molar-refractivity contribution in [3.8, 4) is 11.4 Å². The molecule has 0 aliphatic heterocycles. The Labute approximate surface area is 161 Å². The van der Waals surface area contributed by atoms with Crippen molar-refractivity contribution in [3.05, 3.63) is 64.4 Å². The van der Waals surface area contributed by atoms with E-state index >= 15 is 0 Å². The van der Waals surface area contributed by atoms with Crippen molar-refractivity contribution in [1.29, 1.82) is 0 Å². The van der Waals surface area contributed by atoms with E-state index in [1.165, 1.54) is 0 Å². The van der Waals surface area contributed by atoms with Crippen LogP contribution in [0.5, 0.6) is 0 Å². The molecule has 2 heterocycles. The smallest absolute Gasteiger partial charge is 0.268 e. The van der Waals surface area contributed by atoms with Crippen LogP contribution >= 0.6 is 15.9 Å². The van der Waals surface area contributed by atoms with Gasteiger partial charge in [-0.2, -0.15) is 5.10 Å². The van der Waals surface area contributed by atoms with E-state index in [2.05, 4.69) is 26.3 Å². The summed E-state index contributed by atoms with van der Waals surface area (Å²) in [6.45, 7) is 0.376. The van der Waals surface area contributed by atoms with E-state index in [-0.39, 0.29) is 11.9 Å². The Balaban J connectivity index is 1.81. The van der Waals surface area contributed by atoms with E-state index in [0.717, 1.165) is 21.4 Å². The summed E-state index contributed by atoms with van der Waals surface area (Å²) in [5.41, 5.74) is 9.42. The van der Waals surface area contributed by atoms with Crippen LogP contribution in [0.4, 0.5) is 0 Å². The van der Waals surface area contributed by atoms with Crippen LogP contribution in [0.2, 0.25) is 0 Å². The number of carbonyl (C=O) groups excluding carboxylic acids is 1. The Bertz CT molecular complexity index is 900. The van der Waals surface area contributed by atoms with E-state index in [1.807, 2.05) is 61.1 Å². The van der Waals surface area contributed by atoms with Crippen molar-refractivity contribution in [2.75, 3.05) is 6.54 Å². The van der Waals surface area contributed by atoms with Gasteiger partial charge >= 0.3 is 0 Å². The molecule has 0 saturated carbocycles. The van der Waals surface area contributed by atoms with Crippen LogP contribution in [0.25, 0.3) is 11.4 Å². The molecule has 3 N–H and O–H groups in total. The number of carbonyl (C=O) groups is 1. The number of nitrogens with one attached hydrogen (secondary N) is 1. The van der Waals surface area contributed by atoms with Gasteiger partial charge in [0, 0.05) is 37.4 Å². The van der Waals surface area contributed by atoms with Crippen molar-refractivity contribution in [2.45, 2.75) is 12.5 Å². The molecule has 0 bridgehead atoms. The van der Waals surface area contributed by atoms with E-state index in [0.29, 0.717) is 18.7 Å². The van der Waals surface area contributed by atoms with Crippen molar-refractivity contribution in [1.82, 2.24) is 19.7 Å². The van der Waals surface area contributed by atoms with Crippen LogP contribution in [0.3, 0.4) is 0 Å². The third-order valence-corrected chi connectivity index (χ3v) is 5.03. The second kappa shape index (κ2) is 7.88. The topological polar surface area (TPSA) is 77.9 Å². The molecule has 26 heavy (non-hydrogen) atoms. The number of hydrogen-bond donors (Lipinski definition) is 2. The van der Waals surface area contributed by atoms with Gasteiger partial charge in [-0.1, -0.05) is 30.3 Å². The lowest BCUT2D eigenvalue weighted by atomic mass is 10.1. The number of rotatable bonds is 6. The summed E-state index contributed by atoms with van der Waals surface area (Å²) in [4.78, 5) is 12.8. The van der Waals surface area contributed by atoms with Gasteiger partial charge in [0.1, 0.15) is 5.69 Å². The molecule has 2 aromatic heterocycles. The standard InChI is InChI=1S/C19H22BrN5O/c1-24-17(11-15(20)18(24)16-8-9-22-25(16)2)19(26)23-14(12-21)10-13-6-4-3-5-7-13/h3-9,11,14H,10,12,21H2,1-2H3,(H,23,26). The number of amides is 1. The molecule has 0 spiro atoms. The van der Waals surface area contributed by atoms with E-state index in [9.17, 15) is 4.79 Å². The Hall–Kier alpha value is -2.38. The summed E-state index contributed by atoms with van der Waals surface area (Å²) in [7, 11) is 3.75. The van der Waals surface area contributed by atoms with Gasteiger partial charge in [0.2, 0.25) is 0 Å². The van der Waals surface area contributed by atoms with E-state index < -0.39 is 0 Å². The zero-order valence-electron chi connectivity index (χ0n) is 14.8. The average Bonchev–Trinajstić information content (AvgIpc) is 3.17. The van der Waals surface area contributed by atoms with Crippen molar-refractivity contribution in [3.63, 3.8) is 0 Å². The van der Waals surface area contributed by atoms with Crippen LogP contribution in [-0.2, 0) is 20.5 Å². The van der Waals surface area contributed by atoms with Crippen LogP contribution in [0, 0.1) is 0 Å². The quantitative estimate of drug-likeness (QED) is 0.648. The molecular weight excluding hydrogens is 394 g/mol. The zero-order valence-corrected chi connectivity index (χ0v) is 16.4. The third kappa shape index (κ3) is 3.73. The highest BCUT2D eigenvalue weighted by Crippen LogP contribution is 2.30. The lowest BCUT2D eigenvalue weighted by molar-refractivity contribution is 0.0930. The van der Waals surface area contributed by atoms with Crippen molar-refractivity contribution in [2.24, 2.45) is 19.8 Å². The van der Waals surface area contributed by atoms with Gasteiger partial charge < -0.3 is 15.6 Å². The molecule has 136 valence electrons. The summed E-state index contributed by atoms with van der Waals surface area (Å²) in [6, 6.07) is 13.6. The van der Waals surface area contributed by atoms with Gasteiger partial charge in [-0.3, -0.25) is 9.48 Å². The summed E-state index contributed by atoms with van der Waals surface area (Å²) < 4.78 is 4.49. The number of aryl methyl sites for hydroxylation is 1. The minimum Gasteiger partial charge on any atom is -0.346 e. The Morgan fingerprint density at radius 2 is 2.00 bits per heavy atom. The molecule has 7 heteroatoms. The molecule has 0 saturated heterocycles. The lowest BCUT2D eigenvalue weighted by Crippen LogP contribution is -2.42. The first-order valence-corrected chi connectivity index (χ1v) is 9.19. The van der Waals surface area contributed by atoms with Crippen LogP contribution in [0.1, 0.15) is 16.1 Å². The average molecular weight is 416 g/mol. The minimum atomic E-state index is -0.145. The molecule has 6 nitrogen and oxygen atoms in total. The molecule has 1 aromatic carbocycles. The van der Waals surface area contributed by atoms with Gasteiger partial charge in [0.25, 0.3) is 5.91 Å². The molecule has 0 aliphatic rings. The highest BCUT2D eigenvalue weighted by atomic mass is 79.9. The molecule has 1 unspecified atom stereocenters. The summed E-state index contributed by atoms with van der Waals surface area (Å²) in [5, 5.41) is 7.25. The highest BCUT2D eigenvalue weighted by Gasteiger charge is 2.21. The Morgan fingerprint density at radius 1 is 1.27 bits per heavy atom. The van der Waals surface area contributed by atoms with Crippen molar-refractivity contribution >= 4 is 21.8 Å². The zero-order chi connectivity index (χ0) is 18.7. The number of nitrogens with zero attached hydrogens (tertiary/aromatic N) is 3. The first-order valence-electron chi connectivity index (χ1n) is 8.39.